The highest BCUT2D eigenvalue weighted by Crippen LogP contribution is 2.21. The summed E-state index contributed by atoms with van der Waals surface area (Å²) in [5, 5.41) is 7.16. The van der Waals surface area contributed by atoms with E-state index in [0.717, 1.165) is 16.9 Å². The summed E-state index contributed by atoms with van der Waals surface area (Å²) in [6, 6.07) is 5.79. The highest BCUT2D eigenvalue weighted by molar-refractivity contribution is 5.62. The topological polar surface area (TPSA) is 93.9 Å². The van der Waals surface area contributed by atoms with Crippen molar-refractivity contribution in [2.24, 2.45) is 0 Å². The van der Waals surface area contributed by atoms with Crippen molar-refractivity contribution in [1.82, 2.24) is 20.3 Å². The maximum atomic E-state index is 11.9. The Balaban J connectivity index is 2.04. The van der Waals surface area contributed by atoms with Gasteiger partial charge < -0.3 is 4.74 Å². The lowest BCUT2D eigenvalue weighted by Crippen LogP contribution is -2.15. The van der Waals surface area contributed by atoms with Crippen molar-refractivity contribution in [2.45, 2.75) is 13.3 Å². The number of nitrogens with one attached hydrogen (secondary N) is 1. The van der Waals surface area contributed by atoms with E-state index in [1.54, 1.807) is 7.11 Å². The minimum absolute atomic E-state index is 0.245. The van der Waals surface area contributed by atoms with Crippen LogP contribution in [0.1, 0.15) is 16.8 Å². The van der Waals surface area contributed by atoms with Gasteiger partial charge in [-0.1, -0.05) is 12.1 Å². The number of hydrogen-bond donors (Lipinski definition) is 1. The normalized spacial score (nSPS) is 10.9. The molecule has 20 heavy (non-hydrogen) atoms. The minimum Gasteiger partial charge on any atom is -0.496 e. The highest BCUT2D eigenvalue weighted by atomic mass is 16.6. The lowest BCUT2D eigenvalue weighted by molar-refractivity contribution is 0.314. The van der Waals surface area contributed by atoms with E-state index < -0.39 is 0 Å². The lowest BCUT2D eigenvalue weighted by atomic mass is 10.1. The first-order chi connectivity index (χ1) is 9.67. The number of hydrogen-bond acceptors (Lipinski definition) is 6. The van der Waals surface area contributed by atoms with Gasteiger partial charge in [-0.2, -0.15) is 0 Å². The predicted octanol–water partition coefficient (Wildman–Crippen LogP) is 1.21. The Kier molecular flexibility index (Phi) is 2.94. The van der Waals surface area contributed by atoms with E-state index in [2.05, 4.69) is 24.9 Å². The Morgan fingerprint density at radius 1 is 1.35 bits per heavy atom. The molecular weight excluding hydrogens is 260 g/mol. The number of aromatic amines is 1. The lowest BCUT2D eigenvalue weighted by Gasteiger charge is -2.08. The molecule has 2 heterocycles. The van der Waals surface area contributed by atoms with Crippen molar-refractivity contribution < 1.29 is 9.37 Å². The molecule has 0 aliphatic heterocycles. The Labute approximate surface area is 113 Å². The first-order valence-corrected chi connectivity index (χ1v) is 6.02. The molecule has 1 aromatic carbocycles. The number of ether oxygens (including phenoxy) is 1. The fraction of sp³-hybridized carbons (Fsp3) is 0.231. The van der Waals surface area contributed by atoms with Gasteiger partial charge in [0.2, 0.25) is 11.3 Å². The third-order valence-electron chi connectivity index (χ3n) is 3.01. The molecule has 3 aromatic rings. The van der Waals surface area contributed by atoms with Gasteiger partial charge in [-0.3, -0.25) is 9.78 Å². The van der Waals surface area contributed by atoms with Crippen LogP contribution in [0.15, 0.2) is 27.6 Å². The smallest absolute Gasteiger partial charge is 0.271 e. The second kappa shape index (κ2) is 4.76. The second-order valence-corrected chi connectivity index (χ2v) is 4.44. The Bertz CT molecular complexity index is 822. The van der Waals surface area contributed by atoms with Gasteiger partial charge in [0.1, 0.15) is 11.4 Å². The molecule has 0 radical (unpaired) electrons. The van der Waals surface area contributed by atoms with Crippen molar-refractivity contribution >= 4 is 11.3 Å². The van der Waals surface area contributed by atoms with Crippen LogP contribution < -0.4 is 10.3 Å². The maximum absolute atomic E-state index is 11.9. The molecule has 0 aliphatic rings. The van der Waals surface area contributed by atoms with Crippen molar-refractivity contribution in [2.75, 3.05) is 7.11 Å². The number of aryl methyl sites for hydroxylation is 1. The molecule has 7 nitrogen and oxygen atoms in total. The van der Waals surface area contributed by atoms with Gasteiger partial charge in [0.15, 0.2) is 0 Å². The molecule has 7 heteroatoms. The average molecular weight is 272 g/mol. The molecule has 0 unspecified atom stereocenters. The number of aromatic nitrogens is 4. The van der Waals surface area contributed by atoms with E-state index in [-0.39, 0.29) is 16.9 Å². The summed E-state index contributed by atoms with van der Waals surface area (Å²) in [4.78, 5) is 18.7. The SMILES string of the molecule is COc1cc(C)ccc1Cc1nc2nonc2[nH]c1=O. The highest BCUT2D eigenvalue weighted by Gasteiger charge is 2.12. The maximum Gasteiger partial charge on any atom is 0.271 e. The third-order valence-corrected chi connectivity index (χ3v) is 3.01. The summed E-state index contributed by atoms with van der Waals surface area (Å²) in [6.45, 7) is 1.98. The molecule has 0 spiro atoms. The van der Waals surface area contributed by atoms with Gasteiger partial charge >= 0.3 is 0 Å². The molecule has 3 rings (SSSR count). The minimum atomic E-state index is -0.309. The summed E-state index contributed by atoms with van der Waals surface area (Å²) in [6.07, 6.45) is 0.349. The van der Waals surface area contributed by atoms with E-state index >= 15 is 0 Å². The largest absolute Gasteiger partial charge is 0.496 e. The van der Waals surface area contributed by atoms with Crippen molar-refractivity contribution in [3.05, 3.63) is 45.4 Å². The van der Waals surface area contributed by atoms with Gasteiger partial charge in [0, 0.05) is 12.0 Å². The van der Waals surface area contributed by atoms with Crippen LogP contribution >= 0.6 is 0 Å². The van der Waals surface area contributed by atoms with Gasteiger partial charge in [-0.25, -0.2) is 9.61 Å². The van der Waals surface area contributed by atoms with Crippen LogP contribution in [0.2, 0.25) is 0 Å². The van der Waals surface area contributed by atoms with Crippen molar-refractivity contribution in [3.8, 4) is 5.75 Å². The number of benzene rings is 1. The fourth-order valence-corrected chi connectivity index (χ4v) is 1.99. The van der Waals surface area contributed by atoms with E-state index in [9.17, 15) is 4.79 Å². The molecule has 0 fully saturated rings. The summed E-state index contributed by atoms with van der Waals surface area (Å²) in [7, 11) is 1.60. The van der Waals surface area contributed by atoms with E-state index in [1.165, 1.54) is 0 Å². The molecule has 0 bridgehead atoms. The standard InChI is InChI=1S/C13H12N4O3/c1-7-3-4-8(10(5-7)19-2)6-9-13(18)15-12-11(14-9)16-20-17-12/h3-5H,6H2,1-2H3,(H,15,17,18). The van der Waals surface area contributed by atoms with Crippen LogP contribution in [0.3, 0.4) is 0 Å². The first kappa shape index (κ1) is 12.3. The molecule has 0 saturated carbocycles. The third kappa shape index (κ3) is 2.13. The Morgan fingerprint density at radius 3 is 3.00 bits per heavy atom. The van der Waals surface area contributed by atoms with E-state index in [1.807, 2.05) is 25.1 Å². The summed E-state index contributed by atoms with van der Waals surface area (Å²) >= 11 is 0. The van der Waals surface area contributed by atoms with Gasteiger partial charge in [-0.15, -0.1) is 0 Å². The predicted molar refractivity (Wildman–Crippen MR) is 70.8 cm³/mol. The fourth-order valence-electron chi connectivity index (χ4n) is 1.99. The van der Waals surface area contributed by atoms with E-state index in [0.29, 0.717) is 12.1 Å². The molecule has 0 saturated heterocycles. The molecule has 0 amide bonds. The number of methoxy groups -OCH3 is 1. The number of nitrogens with zero attached hydrogens (tertiary/aromatic N) is 3. The van der Waals surface area contributed by atoms with Crippen LogP contribution in [-0.4, -0.2) is 27.4 Å². The average Bonchev–Trinajstić information content (AvgIpc) is 2.88. The summed E-state index contributed by atoms with van der Waals surface area (Å²) < 4.78 is 9.85. The number of rotatable bonds is 3. The van der Waals surface area contributed by atoms with Crippen LogP contribution in [-0.2, 0) is 6.42 Å². The quantitative estimate of drug-likeness (QED) is 0.770. The van der Waals surface area contributed by atoms with Crippen molar-refractivity contribution in [3.63, 3.8) is 0 Å². The van der Waals surface area contributed by atoms with Gasteiger partial charge in [0.25, 0.3) is 5.56 Å². The number of H-pyrrole nitrogens is 1. The molecule has 2 aromatic heterocycles. The molecule has 102 valence electrons. The first-order valence-electron chi connectivity index (χ1n) is 6.02. The molecule has 1 N–H and O–H groups in total. The second-order valence-electron chi connectivity index (χ2n) is 4.44. The van der Waals surface area contributed by atoms with Crippen molar-refractivity contribution in [1.29, 1.82) is 0 Å². The molecule has 0 atom stereocenters. The van der Waals surface area contributed by atoms with Gasteiger partial charge in [0.05, 0.1) is 7.11 Å². The van der Waals surface area contributed by atoms with Crippen LogP contribution in [0.4, 0.5) is 0 Å². The van der Waals surface area contributed by atoms with E-state index in [4.69, 9.17) is 4.74 Å². The zero-order valence-corrected chi connectivity index (χ0v) is 11.0. The van der Waals surface area contributed by atoms with Crippen LogP contribution in [0, 0.1) is 6.92 Å². The molecule has 0 aliphatic carbocycles. The van der Waals surface area contributed by atoms with Crippen LogP contribution in [0.5, 0.6) is 5.75 Å². The van der Waals surface area contributed by atoms with Gasteiger partial charge in [-0.05, 0) is 28.9 Å². The number of fused-ring (bicyclic) bond motifs is 1. The summed E-state index contributed by atoms with van der Waals surface area (Å²) in [5.74, 6) is 0.726. The Hall–Kier alpha value is -2.70. The van der Waals surface area contributed by atoms with Crippen LogP contribution in [0.25, 0.3) is 11.3 Å². The Morgan fingerprint density at radius 2 is 2.20 bits per heavy atom. The summed E-state index contributed by atoms with van der Waals surface area (Å²) in [5.41, 5.74) is 2.53. The zero-order chi connectivity index (χ0) is 14.1. The zero-order valence-electron chi connectivity index (χ0n) is 11.0. The monoisotopic (exact) mass is 272 g/mol. The molecular formula is C13H12N4O3.